The molecule has 1 amide bonds. The van der Waals surface area contributed by atoms with Gasteiger partial charge in [0.05, 0.1) is 0 Å². The van der Waals surface area contributed by atoms with E-state index in [9.17, 15) is 18.0 Å². The van der Waals surface area contributed by atoms with Crippen molar-refractivity contribution >= 4 is 5.91 Å². The summed E-state index contributed by atoms with van der Waals surface area (Å²) in [5.41, 5.74) is 4.64. The largest absolute Gasteiger partial charge is 0.467 e. The Hall–Kier alpha value is -3.42. The van der Waals surface area contributed by atoms with Gasteiger partial charge >= 0.3 is 6.18 Å². The van der Waals surface area contributed by atoms with E-state index in [4.69, 9.17) is 4.74 Å². The highest BCUT2D eigenvalue weighted by atomic mass is 19.4. The second kappa shape index (κ2) is 7.78. The molecule has 3 aromatic rings. The van der Waals surface area contributed by atoms with E-state index in [1.807, 2.05) is 43.3 Å². The van der Waals surface area contributed by atoms with Crippen LogP contribution < -0.4 is 4.74 Å². The molecule has 2 aromatic heterocycles. The third-order valence-corrected chi connectivity index (χ3v) is 4.79. The number of ether oxygens (including phenoxy) is 1. The van der Waals surface area contributed by atoms with Crippen LogP contribution in [-0.2, 0) is 13.1 Å². The van der Waals surface area contributed by atoms with Crippen molar-refractivity contribution in [2.24, 2.45) is 0 Å². The molecule has 4 rings (SSSR count). The van der Waals surface area contributed by atoms with E-state index in [0.717, 1.165) is 22.4 Å². The van der Waals surface area contributed by atoms with Gasteiger partial charge in [0.15, 0.2) is 6.61 Å². The number of benzene rings is 1. The second-order valence-electron chi connectivity index (χ2n) is 7.10. The van der Waals surface area contributed by atoms with Gasteiger partial charge in [-0.1, -0.05) is 24.3 Å². The zero-order valence-corrected chi connectivity index (χ0v) is 16.1. The number of alkyl halides is 3. The van der Waals surface area contributed by atoms with Gasteiger partial charge in [-0.05, 0) is 47.4 Å². The average Bonchev–Trinajstić information content (AvgIpc) is 3.02. The van der Waals surface area contributed by atoms with Crippen LogP contribution in [0.15, 0.2) is 54.9 Å². The van der Waals surface area contributed by atoms with Gasteiger partial charge in [-0.15, -0.1) is 0 Å². The molecule has 1 aliphatic heterocycles. The van der Waals surface area contributed by atoms with Crippen molar-refractivity contribution < 1.29 is 22.7 Å². The molecule has 154 valence electrons. The first-order valence-corrected chi connectivity index (χ1v) is 9.29. The van der Waals surface area contributed by atoms with Gasteiger partial charge in [-0.25, -0.2) is 4.98 Å². The van der Waals surface area contributed by atoms with Gasteiger partial charge in [-0.3, -0.25) is 9.78 Å². The number of carbonyl (C=O) groups excluding carboxylic acids is 1. The van der Waals surface area contributed by atoms with Crippen LogP contribution in [0.3, 0.4) is 0 Å². The first-order valence-electron chi connectivity index (χ1n) is 9.29. The first-order chi connectivity index (χ1) is 14.3. The third-order valence-electron chi connectivity index (χ3n) is 4.79. The molecular formula is C22H18F3N3O2. The summed E-state index contributed by atoms with van der Waals surface area (Å²) in [6.45, 7) is 1.07. The van der Waals surface area contributed by atoms with Crippen LogP contribution >= 0.6 is 0 Å². The highest BCUT2D eigenvalue weighted by molar-refractivity contribution is 6.00. The van der Waals surface area contributed by atoms with Crippen LogP contribution in [0.5, 0.6) is 5.88 Å². The summed E-state index contributed by atoms with van der Waals surface area (Å²) in [5.74, 6) is -0.662. The number of amides is 1. The van der Waals surface area contributed by atoms with E-state index >= 15 is 0 Å². The van der Waals surface area contributed by atoms with E-state index in [1.54, 1.807) is 17.2 Å². The van der Waals surface area contributed by atoms with Gasteiger partial charge in [0.1, 0.15) is 5.56 Å². The maximum Gasteiger partial charge on any atom is 0.422 e. The molecule has 1 aromatic carbocycles. The highest BCUT2D eigenvalue weighted by Gasteiger charge is 2.34. The molecule has 0 unspecified atom stereocenters. The number of aromatic nitrogens is 2. The monoisotopic (exact) mass is 413 g/mol. The minimum atomic E-state index is -4.50. The quantitative estimate of drug-likeness (QED) is 0.616. The fraction of sp³-hybridized carbons (Fsp3) is 0.227. The maximum absolute atomic E-state index is 12.8. The topological polar surface area (TPSA) is 55.3 Å². The fourth-order valence-electron chi connectivity index (χ4n) is 3.41. The van der Waals surface area contributed by atoms with E-state index in [-0.39, 0.29) is 17.4 Å². The lowest BCUT2D eigenvalue weighted by Gasteiger charge is -2.16. The fourth-order valence-corrected chi connectivity index (χ4v) is 3.41. The van der Waals surface area contributed by atoms with Crippen molar-refractivity contribution in [1.82, 2.24) is 14.9 Å². The number of hydrogen-bond donors (Lipinski definition) is 0. The molecule has 0 saturated heterocycles. The van der Waals surface area contributed by atoms with Crippen molar-refractivity contribution in [2.45, 2.75) is 26.2 Å². The van der Waals surface area contributed by atoms with Crippen LogP contribution in [-0.4, -0.2) is 33.6 Å². The Morgan fingerprint density at radius 2 is 1.77 bits per heavy atom. The van der Waals surface area contributed by atoms with Gasteiger partial charge < -0.3 is 9.64 Å². The molecule has 30 heavy (non-hydrogen) atoms. The van der Waals surface area contributed by atoms with Gasteiger partial charge in [-0.2, -0.15) is 13.2 Å². The molecule has 0 aliphatic carbocycles. The Morgan fingerprint density at radius 1 is 1.03 bits per heavy atom. The molecular weight excluding hydrogens is 395 g/mol. The van der Waals surface area contributed by atoms with Crippen molar-refractivity contribution in [3.63, 3.8) is 0 Å². The predicted octanol–water partition coefficient (Wildman–Crippen LogP) is 4.55. The van der Waals surface area contributed by atoms with E-state index in [2.05, 4.69) is 9.97 Å². The Balaban J connectivity index is 1.49. The number of fused-ring (bicyclic) bond motifs is 1. The van der Waals surface area contributed by atoms with Crippen LogP contribution in [0.1, 0.15) is 27.2 Å². The Labute approximate surface area is 171 Å². The van der Waals surface area contributed by atoms with Crippen molar-refractivity contribution in [3.05, 3.63) is 77.2 Å². The third kappa shape index (κ3) is 4.27. The molecule has 0 radical (unpaired) electrons. The molecule has 8 heteroatoms. The molecule has 3 heterocycles. The summed E-state index contributed by atoms with van der Waals surface area (Å²) < 4.78 is 42.2. The molecule has 1 aliphatic rings. The lowest BCUT2D eigenvalue weighted by atomic mass is 10.0. The molecule has 0 fully saturated rings. The standard InChI is InChI=1S/C22H18F3N3O2/c1-14-10-17(6-8-26-14)16-4-2-15(3-5-16)11-28-12-18-7-9-27-20(19(18)21(28)29)30-13-22(23,24)25/h2-10H,11-13H2,1H3. The Morgan fingerprint density at radius 3 is 2.47 bits per heavy atom. The zero-order valence-electron chi connectivity index (χ0n) is 16.1. The average molecular weight is 413 g/mol. The van der Waals surface area contributed by atoms with E-state index in [0.29, 0.717) is 18.7 Å². The molecule has 0 N–H and O–H groups in total. The molecule has 5 nitrogen and oxygen atoms in total. The minimum absolute atomic E-state index is 0.102. The molecule has 0 atom stereocenters. The van der Waals surface area contributed by atoms with Crippen LogP contribution in [0.2, 0.25) is 0 Å². The lowest BCUT2D eigenvalue weighted by Crippen LogP contribution is -2.24. The normalized spacial score (nSPS) is 13.5. The minimum Gasteiger partial charge on any atom is -0.467 e. The van der Waals surface area contributed by atoms with Crippen LogP contribution in [0, 0.1) is 6.92 Å². The number of nitrogens with zero attached hydrogens (tertiary/aromatic N) is 3. The highest BCUT2D eigenvalue weighted by Crippen LogP contribution is 2.31. The SMILES string of the molecule is Cc1cc(-c2ccc(CN3Cc4ccnc(OCC(F)(F)F)c4C3=O)cc2)ccn1. The Bertz CT molecular complexity index is 1080. The first kappa shape index (κ1) is 19.9. The smallest absolute Gasteiger partial charge is 0.422 e. The number of halogens is 3. The number of aryl methyl sites for hydroxylation is 1. The molecule has 0 bridgehead atoms. The van der Waals surface area contributed by atoms with E-state index < -0.39 is 12.8 Å². The molecule has 0 saturated carbocycles. The number of hydrogen-bond acceptors (Lipinski definition) is 4. The summed E-state index contributed by atoms with van der Waals surface area (Å²) in [6, 6.07) is 13.3. The number of carbonyl (C=O) groups is 1. The van der Waals surface area contributed by atoms with Crippen molar-refractivity contribution in [1.29, 1.82) is 0 Å². The molecule has 0 spiro atoms. The lowest BCUT2D eigenvalue weighted by molar-refractivity contribution is -0.154. The van der Waals surface area contributed by atoms with Crippen molar-refractivity contribution in [2.75, 3.05) is 6.61 Å². The van der Waals surface area contributed by atoms with E-state index in [1.165, 1.54) is 6.20 Å². The van der Waals surface area contributed by atoms with Crippen LogP contribution in [0.25, 0.3) is 11.1 Å². The van der Waals surface area contributed by atoms with Crippen molar-refractivity contribution in [3.8, 4) is 17.0 Å². The summed E-state index contributed by atoms with van der Waals surface area (Å²) in [4.78, 5) is 22.4. The Kier molecular flexibility index (Phi) is 5.15. The van der Waals surface area contributed by atoms with Gasteiger partial charge in [0, 0.05) is 31.2 Å². The zero-order chi connectivity index (χ0) is 21.3. The summed E-state index contributed by atoms with van der Waals surface area (Å²) in [7, 11) is 0. The van der Waals surface area contributed by atoms with Gasteiger partial charge in [0.25, 0.3) is 5.91 Å². The summed E-state index contributed by atoms with van der Waals surface area (Å²) in [5, 5.41) is 0. The summed E-state index contributed by atoms with van der Waals surface area (Å²) in [6.07, 6.45) is -1.39. The second-order valence-corrected chi connectivity index (χ2v) is 7.10. The number of rotatable bonds is 5. The number of pyridine rings is 2. The predicted molar refractivity (Wildman–Crippen MR) is 104 cm³/mol. The maximum atomic E-state index is 12.8. The van der Waals surface area contributed by atoms with Crippen LogP contribution in [0.4, 0.5) is 13.2 Å². The summed E-state index contributed by atoms with van der Waals surface area (Å²) >= 11 is 0. The van der Waals surface area contributed by atoms with Gasteiger partial charge in [0.2, 0.25) is 5.88 Å².